The molecule has 0 radical (unpaired) electrons. The highest BCUT2D eigenvalue weighted by Gasteiger charge is 2.39. The predicted molar refractivity (Wildman–Crippen MR) is 76.7 cm³/mol. The van der Waals surface area contributed by atoms with Gasteiger partial charge < -0.3 is 5.32 Å². The van der Waals surface area contributed by atoms with Gasteiger partial charge >= 0.3 is 0 Å². The van der Waals surface area contributed by atoms with E-state index in [2.05, 4.69) is 24.1 Å². The Balaban J connectivity index is 1.64. The highest BCUT2D eigenvalue weighted by molar-refractivity contribution is 4.97. The summed E-state index contributed by atoms with van der Waals surface area (Å²) in [6, 6.07) is 2.54. The SMILES string of the molecule is CC(C)CC1CNC(C2CC2)CN1C1CCCC1. The maximum absolute atomic E-state index is 3.85. The largest absolute Gasteiger partial charge is 0.311 e. The third-order valence-electron chi connectivity index (χ3n) is 5.22. The van der Waals surface area contributed by atoms with Gasteiger partial charge in [-0.2, -0.15) is 0 Å². The number of hydrogen-bond donors (Lipinski definition) is 1. The van der Waals surface area contributed by atoms with Crippen LogP contribution in [-0.2, 0) is 0 Å². The Kier molecular flexibility index (Phi) is 3.95. The van der Waals surface area contributed by atoms with Gasteiger partial charge in [-0.3, -0.25) is 4.90 Å². The van der Waals surface area contributed by atoms with Crippen molar-refractivity contribution in [1.82, 2.24) is 10.2 Å². The molecule has 1 N–H and O–H groups in total. The zero-order valence-corrected chi connectivity index (χ0v) is 12.2. The summed E-state index contributed by atoms with van der Waals surface area (Å²) in [5.41, 5.74) is 0. The summed E-state index contributed by atoms with van der Waals surface area (Å²) in [6.45, 7) is 7.34. The van der Waals surface area contributed by atoms with E-state index in [-0.39, 0.29) is 0 Å². The summed E-state index contributed by atoms with van der Waals surface area (Å²) in [4.78, 5) is 2.91. The fourth-order valence-electron chi connectivity index (χ4n) is 4.11. The molecule has 2 nitrogen and oxygen atoms in total. The molecule has 1 saturated heterocycles. The molecular weight excluding hydrogens is 220 g/mol. The normalized spacial score (nSPS) is 35.5. The molecule has 18 heavy (non-hydrogen) atoms. The summed E-state index contributed by atoms with van der Waals surface area (Å²) in [5.74, 6) is 1.84. The van der Waals surface area contributed by atoms with Gasteiger partial charge in [-0.25, -0.2) is 0 Å². The molecule has 2 unspecified atom stereocenters. The third kappa shape index (κ3) is 2.91. The Hall–Kier alpha value is -0.0800. The molecule has 0 aromatic rings. The van der Waals surface area contributed by atoms with Gasteiger partial charge in [0.15, 0.2) is 0 Å². The lowest BCUT2D eigenvalue weighted by Crippen LogP contribution is -2.60. The first kappa shape index (κ1) is 12.9. The molecule has 0 amide bonds. The van der Waals surface area contributed by atoms with Crippen molar-refractivity contribution in [3.63, 3.8) is 0 Å². The van der Waals surface area contributed by atoms with Gasteiger partial charge in [0.1, 0.15) is 0 Å². The number of nitrogens with one attached hydrogen (secondary N) is 1. The molecule has 2 heteroatoms. The second kappa shape index (κ2) is 5.50. The topological polar surface area (TPSA) is 15.3 Å². The van der Waals surface area contributed by atoms with Gasteiger partial charge in [-0.05, 0) is 43.9 Å². The minimum atomic E-state index is 0.808. The van der Waals surface area contributed by atoms with E-state index in [9.17, 15) is 0 Å². The highest BCUT2D eigenvalue weighted by atomic mass is 15.3. The monoisotopic (exact) mass is 250 g/mol. The van der Waals surface area contributed by atoms with Crippen LogP contribution < -0.4 is 5.32 Å². The van der Waals surface area contributed by atoms with Crippen molar-refractivity contribution in [3.05, 3.63) is 0 Å². The van der Waals surface area contributed by atoms with E-state index in [0.29, 0.717) is 0 Å². The smallest absolute Gasteiger partial charge is 0.0226 e. The Bertz CT molecular complexity index is 266. The molecule has 0 aromatic heterocycles. The van der Waals surface area contributed by atoms with E-state index >= 15 is 0 Å². The van der Waals surface area contributed by atoms with Gasteiger partial charge in [0, 0.05) is 31.2 Å². The van der Waals surface area contributed by atoms with Crippen LogP contribution in [0.3, 0.4) is 0 Å². The molecule has 1 aliphatic heterocycles. The molecule has 104 valence electrons. The van der Waals surface area contributed by atoms with Crippen molar-refractivity contribution in [1.29, 1.82) is 0 Å². The Morgan fingerprint density at radius 1 is 1.11 bits per heavy atom. The van der Waals surface area contributed by atoms with E-state index in [1.54, 1.807) is 0 Å². The van der Waals surface area contributed by atoms with Crippen LogP contribution in [0.5, 0.6) is 0 Å². The van der Waals surface area contributed by atoms with E-state index in [4.69, 9.17) is 0 Å². The second-order valence-electron chi connectivity index (χ2n) is 7.27. The molecule has 2 saturated carbocycles. The van der Waals surface area contributed by atoms with Crippen LogP contribution in [0.25, 0.3) is 0 Å². The minimum Gasteiger partial charge on any atom is -0.311 e. The second-order valence-corrected chi connectivity index (χ2v) is 7.27. The first-order valence-electron chi connectivity index (χ1n) is 8.23. The van der Waals surface area contributed by atoms with Crippen molar-refractivity contribution in [2.75, 3.05) is 13.1 Å². The Labute approximate surface area is 113 Å². The molecule has 1 heterocycles. The summed E-state index contributed by atoms with van der Waals surface area (Å²) in [7, 11) is 0. The van der Waals surface area contributed by atoms with Gasteiger partial charge in [0.25, 0.3) is 0 Å². The number of rotatable bonds is 4. The first-order chi connectivity index (χ1) is 8.74. The van der Waals surface area contributed by atoms with Gasteiger partial charge in [0.2, 0.25) is 0 Å². The molecule has 2 atom stereocenters. The zero-order chi connectivity index (χ0) is 12.5. The standard InChI is InChI=1S/C16H30N2/c1-12(2)9-15-10-17-16(13-7-8-13)11-18(15)14-5-3-4-6-14/h12-17H,3-11H2,1-2H3. The lowest BCUT2D eigenvalue weighted by atomic mass is 9.95. The molecule has 3 rings (SSSR count). The van der Waals surface area contributed by atoms with Crippen LogP contribution in [0.4, 0.5) is 0 Å². The maximum Gasteiger partial charge on any atom is 0.0226 e. The van der Waals surface area contributed by atoms with E-state index < -0.39 is 0 Å². The molecule has 0 aromatic carbocycles. The summed E-state index contributed by atoms with van der Waals surface area (Å²) in [6.07, 6.45) is 10.2. The molecular formula is C16H30N2. The van der Waals surface area contributed by atoms with E-state index in [1.807, 2.05) is 0 Å². The van der Waals surface area contributed by atoms with Crippen molar-refractivity contribution < 1.29 is 0 Å². The molecule has 2 aliphatic carbocycles. The van der Waals surface area contributed by atoms with Gasteiger partial charge in [-0.15, -0.1) is 0 Å². The van der Waals surface area contributed by atoms with E-state index in [1.165, 1.54) is 58.0 Å². The van der Waals surface area contributed by atoms with Crippen molar-refractivity contribution in [3.8, 4) is 0 Å². The number of hydrogen-bond acceptors (Lipinski definition) is 2. The van der Waals surface area contributed by atoms with Crippen LogP contribution in [0.2, 0.25) is 0 Å². The van der Waals surface area contributed by atoms with Crippen LogP contribution in [0, 0.1) is 11.8 Å². The summed E-state index contributed by atoms with van der Waals surface area (Å²) in [5, 5.41) is 3.85. The van der Waals surface area contributed by atoms with Crippen LogP contribution in [0.15, 0.2) is 0 Å². The lowest BCUT2D eigenvalue weighted by molar-refractivity contribution is 0.0661. The minimum absolute atomic E-state index is 0.808. The number of nitrogens with zero attached hydrogens (tertiary/aromatic N) is 1. The van der Waals surface area contributed by atoms with Crippen molar-refractivity contribution in [2.45, 2.75) is 76.9 Å². The third-order valence-corrected chi connectivity index (χ3v) is 5.22. The fourth-order valence-corrected chi connectivity index (χ4v) is 4.11. The molecule has 0 bridgehead atoms. The highest BCUT2D eigenvalue weighted by Crippen LogP contribution is 2.36. The molecule has 3 aliphatic rings. The zero-order valence-electron chi connectivity index (χ0n) is 12.2. The average Bonchev–Trinajstić information content (AvgIpc) is 3.04. The van der Waals surface area contributed by atoms with Crippen LogP contribution in [-0.4, -0.2) is 36.1 Å². The molecule has 3 fully saturated rings. The Morgan fingerprint density at radius 3 is 2.44 bits per heavy atom. The van der Waals surface area contributed by atoms with Crippen LogP contribution in [0.1, 0.15) is 58.8 Å². The summed E-state index contributed by atoms with van der Waals surface area (Å²) >= 11 is 0. The Morgan fingerprint density at radius 2 is 1.83 bits per heavy atom. The van der Waals surface area contributed by atoms with E-state index in [0.717, 1.165) is 30.0 Å². The summed E-state index contributed by atoms with van der Waals surface area (Å²) < 4.78 is 0. The van der Waals surface area contributed by atoms with Crippen molar-refractivity contribution in [2.24, 2.45) is 11.8 Å². The predicted octanol–water partition coefficient (Wildman–Crippen LogP) is 3.03. The number of piperazine rings is 1. The van der Waals surface area contributed by atoms with Gasteiger partial charge in [-0.1, -0.05) is 26.7 Å². The fraction of sp³-hybridized carbons (Fsp3) is 1.00. The van der Waals surface area contributed by atoms with Crippen molar-refractivity contribution >= 4 is 0 Å². The lowest BCUT2D eigenvalue weighted by Gasteiger charge is -2.44. The first-order valence-corrected chi connectivity index (χ1v) is 8.23. The molecule has 0 spiro atoms. The average molecular weight is 250 g/mol. The maximum atomic E-state index is 3.85. The van der Waals surface area contributed by atoms with Crippen LogP contribution >= 0.6 is 0 Å². The van der Waals surface area contributed by atoms with Gasteiger partial charge in [0.05, 0.1) is 0 Å². The quantitative estimate of drug-likeness (QED) is 0.825.